The number of fused-ring (bicyclic) bond motifs is 1. The highest BCUT2D eigenvalue weighted by Crippen LogP contribution is 2.39. The van der Waals surface area contributed by atoms with E-state index in [-0.39, 0.29) is 45.2 Å². The number of hydrogen-bond donors (Lipinski definition) is 2. The molecule has 0 bridgehead atoms. The second kappa shape index (κ2) is 11.5. The second-order valence-corrected chi connectivity index (χ2v) is 14.6. The van der Waals surface area contributed by atoms with Crippen molar-refractivity contribution in [1.29, 1.82) is 0 Å². The van der Waals surface area contributed by atoms with Crippen LogP contribution in [0.25, 0.3) is 21.3 Å². The number of hydrogen-bond acceptors (Lipinski definition) is 11. The SMILES string of the molecule is CC(C)Cn1cc(-c2cc(F)c3nc(C(c4nnc(Cc5sc(=O)[nH]c5O)o4)S(=O)(=O)Cc4ccccc4)sc3c2)cn1. The van der Waals surface area contributed by atoms with Gasteiger partial charge >= 0.3 is 4.87 Å². The molecule has 222 valence electrons. The van der Waals surface area contributed by atoms with E-state index in [0.717, 1.165) is 28.2 Å². The van der Waals surface area contributed by atoms with Gasteiger partial charge in [0.1, 0.15) is 10.5 Å². The summed E-state index contributed by atoms with van der Waals surface area (Å²) in [4.78, 5) is 18.1. The molecule has 0 aliphatic carbocycles. The number of H-pyrrole nitrogens is 1. The summed E-state index contributed by atoms with van der Waals surface area (Å²) in [5.41, 5.74) is 1.88. The Morgan fingerprint density at radius 3 is 2.63 bits per heavy atom. The summed E-state index contributed by atoms with van der Waals surface area (Å²) >= 11 is 1.80. The number of halogens is 1. The van der Waals surface area contributed by atoms with Crippen molar-refractivity contribution in [3.05, 3.63) is 97.6 Å². The summed E-state index contributed by atoms with van der Waals surface area (Å²) in [6.07, 6.45) is 3.42. The molecule has 1 atom stereocenters. The number of benzene rings is 2. The van der Waals surface area contributed by atoms with Gasteiger partial charge in [-0.15, -0.1) is 21.5 Å². The van der Waals surface area contributed by atoms with Crippen LogP contribution >= 0.6 is 22.7 Å². The molecule has 6 aromatic rings. The third-order valence-corrected chi connectivity index (χ3v) is 10.5. The number of aromatic amines is 1. The fourth-order valence-electron chi connectivity index (χ4n) is 4.63. The number of nitrogens with one attached hydrogen (secondary N) is 1. The van der Waals surface area contributed by atoms with Crippen LogP contribution in [0, 0.1) is 11.7 Å². The van der Waals surface area contributed by atoms with Gasteiger partial charge < -0.3 is 9.52 Å². The molecule has 2 N–H and O–H groups in total. The third-order valence-electron chi connectivity index (χ3n) is 6.50. The number of aromatic hydroxyl groups is 1. The summed E-state index contributed by atoms with van der Waals surface area (Å²) in [5, 5.41) is 20.9. The van der Waals surface area contributed by atoms with Crippen molar-refractivity contribution in [3.8, 4) is 17.0 Å². The van der Waals surface area contributed by atoms with Gasteiger partial charge in [-0.3, -0.25) is 14.5 Å². The fourth-order valence-corrected chi connectivity index (χ4v) is 8.51. The lowest BCUT2D eigenvalue weighted by Crippen LogP contribution is -2.17. The minimum atomic E-state index is -4.06. The highest BCUT2D eigenvalue weighted by atomic mass is 32.2. The molecule has 0 radical (unpaired) electrons. The quantitative estimate of drug-likeness (QED) is 0.208. The maximum atomic E-state index is 15.4. The van der Waals surface area contributed by atoms with E-state index in [0.29, 0.717) is 28.3 Å². The molecular formula is C28H25FN6O5S3. The smallest absolute Gasteiger partial charge is 0.307 e. The first-order valence-corrected chi connectivity index (χ1v) is 16.5. The average molecular weight is 641 g/mol. The molecule has 1 unspecified atom stereocenters. The van der Waals surface area contributed by atoms with Crippen molar-refractivity contribution in [2.75, 3.05) is 0 Å². The number of aromatic nitrogens is 6. The molecule has 0 spiro atoms. The van der Waals surface area contributed by atoms with Gasteiger partial charge in [0.25, 0.3) is 0 Å². The van der Waals surface area contributed by atoms with Crippen LogP contribution in [0.2, 0.25) is 0 Å². The van der Waals surface area contributed by atoms with Crippen LogP contribution in [-0.4, -0.2) is 43.5 Å². The molecule has 11 nitrogen and oxygen atoms in total. The Balaban J connectivity index is 1.41. The Morgan fingerprint density at radius 1 is 1.12 bits per heavy atom. The van der Waals surface area contributed by atoms with Crippen LogP contribution in [-0.2, 0) is 28.6 Å². The topological polar surface area (TPSA) is 157 Å². The van der Waals surface area contributed by atoms with E-state index >= 15 is 4.39 Å². The normalized spacial score (nSPS) is 12.8. The Hall–Kier alpha value is -4.21. The zero-order valence-corrected chi connectivity index (χ0v) is 25.3. The molecule has 0 aliphatic heterocycles. The maximum absolute atomic E-state index is 15.4. The Morgan fingerprint density at radius 2 is 1.91 bits per heavy atom. The fraction of sp³-hybridized carbons (Fsp3) is 0.250. The lowest BCUT2D eigenvalue weighted by molar-refractivity contribution is 0.438. The van der Waals surface area contributed by atoms with E-state index in [9.17, 15) is 18.3 Å². The first kappa shape index (κ1) is 28.9. The summed E-state index contributed by atoms with van der Waals surface area (Å²) in [5.74, 6) is -1.15. The van der Waals surface area contributed by atoms with Crippen molar-refractivity contribution in [3.63, 3.8) is 0 Å². The average Bonchev–Trinajstić information content (AvgIpc) is 3.73. The molecule has 0 aliphatic rings. The van der Waals surface area contributed by atoms with Gasteiger partial charge in [0.2, 0.25) is 17.7 Å². The molecule has 0 amide bonds. The van der Waals surface area contributed by atoms with E-state index in [2.05, 4.69) is 39.1 Å². The monoisotopic (exact) mass is 640 g/mol. The van der Waals surface area contributed by atoms with Gasteiger partial charge in [-0.2, -0.15) is 5.10 Å². The van der Waals surface area contributed by atoms with Crippen LogP contribution in [0.15, 0.2) is 64.1 Å². The molecule has 2 aromatic carbocycles. The minimum absolute atomic E-state index is 0.00607. The largest absolute Gasteiger partial charge is 0.494 e. The van der Waals surface area contributed by atoms with E-state index in [1.165, 1.54) is 6.07 Å². The summed E-state index contributed by atoms with van der Waals surface area (Å²) in [6, 6.07) is 11.7. The summed E-state index contributed by atoms with van der Waals surface area (Å²) in [6.45, 7) is 4.87. The van der Waals surface area contributed by atoms with E-state index in [4.69, 9.17) is 4.42 Å². The van der Waals surface area contributed by atoms with Gasteiger partial charge in [-0.25, -0.2) is 17.8 Å². The van der Waals surface area contributed by atoms with Gasteiger partial charge in [0, 0.05) is 18.3 Å². The Kier molecular flexibility index (Phi) is 7.70. The third kappa shape index (κ3) is 6.14. The van der Waals surface area contributed by atoms with E-state index < -0.39 is 25.8 Å². The van der Waals surface area contributed by atoms with E-state index in [1.807, 2.05) is 6.20 Å². The molecular weight excluding hydrogens is 616 g/mol. The van der Waals surface area contributed by atoms with Crippen molar-refractivity contribution >= 4 is 42.7 Å². The lowest BCUT2D eigenvalue weighted by Gasteiger charge is -2.12. The van der Waals surface area contributed by atoms with Crippen molar-refractivity contribution < 1.29 is 22.3 Å². The van der Waals surface area contributed by atoms with Crippen molar-refractivity contribution in [2.24, 2.45) is 5.92 Å². The molecule has 6 rings (SSSR count). The second-order valence-electron chi connectivity index (χ2n) is 10.4. The lowest BCUT2D eigenvalue weighted by atomic mass is 10.1. The number of nitrogens with zero attached hydrogens (tertiary/aromatic N) is 5. The zero-order chi connectivity index (χ0) is 30.3. The highest BCUT2D eigenvalue weighted by molar-refractivity contribution is 7.91. The van der Waals surface area contributed by atoms with Gasteiger partial charge in [-0.1, -0.05) is 55.5 Å². The first-order valence-electron chi connectivity index (χ1n) is 13.2. The predicted octanol–water partition coefficient (Wildman–Crippen LogP) is 5.09. The van der Waals surface area contributed by atoms with E-state index in [1.54, 1.807) is 47.3 Å². The van der Waals surface area contributed by atoms with Gasteiger partial charge in [0.05, 0.1) is 27.9 Å². The Bertz CT molecular complexity index is 2080. The van der Waals surface area contributed by atoms with Crippen LogP contribution in [0.4, 0.5) is 4.39 Å². The number of thiazole rings is 2. The number of sulfone groups is 1. The molecule has 43 heavy (non-hydrogen) atoms. The predicted molar refractivity (Wildman–Crippen MR) is 160 cm³/mol. The molecule has 0 saturated heterocycles. The van der Waals surface area contributed by atoms with Crippen molar-refractivity contribution in [1.82, 2.24) is 29.9 Å². The minimum Gasteiger partial charge on any atom is -0.494 e. The van der Waals surface area contributed by atoms with Crippen LogP contribution in [0.3, 0.4) is 0 Å². The summed E-state index contributed by atoms with van der Waals surface area (Å²) in [7, 11) is -4.06. The van der Waals surface area contributed by atoms with Crippen molar-refractivity contribution in [2.45, 2.75) is 37.8 Å². The van der Waals surface area contributed by atoms with Gasteiger partial charge in [-0.05, 0) is 29.2 Å². The zero-order valence-electron chi connectivity index (χ0n) is 22.9. The van der Waals surface area contributed by atoms with Gasteiger partial charge in [0.15, 0.2) is 20.9 Å². The molecule has 4 aromatic heterocycles. The molecule has 4 heterocycles. The summed E-state index contributed by atoms with van der Waals surface area (Å²) < 4.78 is 51.3. The molecule has 15 heteroatoms. The van der Waals surface area contributed by atoms with Crippen LogP contribution < -0.4 is 4.87 Å². The first-order chi connectivity index (χ1) is 20.6. The maximum Gasteiger partial charge on any atom is 0.307 e. The highest BCUT2D eigenvalue weighted by Gasteiger charge is 2.37. The molecule has 0 saturated carbocycles. The molecule has 0 fully saturated rings. The standard InChI is InChI=1S/C28H25FN6O5S3/c1-15(2)12-35-13-18(11-30-35)17-8-19(29)23-20(9-17)41-27(31-23)24(43(38,39)14-16-6-4-3-5-7-16)26-34-33-22(40-26)10-21-25(36)32-28(37)42-21/h3-9,11,13,15,24,36H,10,12,14H2,1-2H3,(H,32,37). The van der Waals surface area contributed by atoms with Crippen LogP contribution in [0.5, 0.6) is 5.88 Å². The number of rotatable bonds is 10. The van der Waals surface area contributed by atoms with Crippen LogP contribution in [0.1, 0.15) is 46.3 Å². The Labute approximate surface area is 252 Å².